The molecule has 0 saturated carbocycles. The van der Waals surface area contributed by atoms with Crippen LogP contribution in [0.2, 0.25) is 0 Å². The van der Waals surface area contributed by atoms with E-state index in [4.69, 9.17) is 9.47 Å². The molecular weight excluding hydrogens is 447 g/mol. The van der Waals surface area contributed by atoms with E-state index in [0.29, 0.717) is 39.6 Å². The molecule has 10 heteroatoms. The number of halogens is 3. The normalized spacial score (nSPS) is 11.7. The van der Waals surface area contributed by atoms with Crippen LogP contribution in [0, 0.1) is 0 Å². The lowest BCUT2D eigenvalue weighted by atomic mass is 10.1. The van der Waals surface area contributed by atoms with Crippen LogP contribution in [-0.4, -0.2) is 34.2 Å². The molecule has 0 saturated heterocycles. The van der Waals surface area contributed by atoms with Crippen molar-refractivity contribution in [2.24, 2.45) is 0 Å². The number of ether oxygens (including phenoxy) is 2. The predicted octanol–water partition coefficient (Wildman–Crippen LogP) is 5.95. The van der Waals surface area contributed by atoms with Gasteiger partial charge in [-0.3, -0.25) is 0 Å². The number of hydrogen-bond acceptors (Lipinski definition) is 6. The Morgan fingerprint density at radius 2 is 1.76 bits per heavy atom. The van der Waals surface area contributed by atoms with Crippen LogP contribution in [-0.2, 0) is 6.18 Å². The fourth-order valence-corrected chi connectivity index (χ4v) is 3.71. The molecule has 0 aliphatic rings. The van der Waals surface area contributed by atoms with Gasteiger partial charge in [0.25, 0.3) is 0 Å². The first kappa shape index (κ1) is 21.5. The Labute approximate surface area is 191 Å². The SMILES string of the molecule is COc1cc(OC)c2ncnc(Nc3cc(-c4nc5ccccc5[nH]4)cc(C(F)(F)F)c3)c2c1. The zero-order valence-electron chi connectivity index (χ0n) is 18.1. The van der Waals surface area contributed by atoms with Crippen LogP contribution >= 0.6 is 0 Å². The van der Waals surface area contributed by atoms with Gasteiger partial charge in [-0.15, -0.1) is 0 Å². The van der Waals surface area contributed by atoms with E-state index in [1.165, 1.54) is 20.5 Å². The molecule has 0 fully saturated rings. The molecule has 0 bridgehead atoms. The van der Waals surface area contributed by atoms with E-state index in [0.717, 1.165) is 17.6 Å². The van der Waals surface area contributed by atoms with Gasteiger partial charge in [-0.05, 0) is 36.4 Å². The molecule has 172 valence electrons. The van der Waals surface area contributed by atoms with Gasteiger partial charge in [0, 0.05) is 17.3 Å². The average Bonchev–Trinajstić information content (AvgIpc) is 3.27. The maximum absolute atomic E-state index is 13.7. The topological polar surface area (TPSA) is 84.9 Å². The highest BCUT2D eigenvalue weighted by Gasteiger charge is 2.31. The fraction of sp³-hybridized carbons (Fsp3) is 0.125. The lowest BCUT2D eigenvalue weighted by Crippen LogP contribution is -2.07. The molecule has 2 aromatic heterocycles. The summed E-state index contributed by atoms with van der Waals surface area (Å²) in [5.41, 5.74) is 1.52. The minimum Gasteiger partial charge on any atom is -0.497 e. The molecule has 0 amide bonds. The summed E-state index contributed by atoms with van der Waals surface area (Å²) in [7, 11) is 3.00. The van der Waals surface area contributed by atoms with Gasteiger partial charge in [0.15, 0.2) is 0 Å². The second kappa shape index (κ2) is 8.22. The molecule has 0 spiro atoms. The highest BCUT2D eigenvalue weighted by Crippen LogP contribution is 2.37. The molecule has 2 N–H and O–H groups in total. The molecule has 0 radical (unpaired) electrons. The van der Waals surface area contributed by atoms with E-state index in [2.05, 4.69) is 25.3 Å². The fourth-order valence-electron chi connectivity index (χ4n) is 3.71. The third-order valence-electron chi connectivity index (χ3n) is 5.32. The van der Waals surface area contributed by atoms with Crippen molar-refractivity contribution < 1.29 is 22.6 Å². The molecule has 2 heterocycles. The van der Waals surface area contributed by atoms with Gasteiger partial charge in [-0.25, -0.2) is 15.0 Å². The third kappa shape index (κ3) is 3.94. The average molecular weight is 465 g/mol. The zero-order chi connectivity index (χ0) is 23.9. The Balaban J connectivity index is 1.64. The van der Waals surface area contributed by atoms with E-state index < -0.39 is 11.7 Å². The van der Waals surface area contributed by atoms with Crippen molar-refractivity contribution in [1.82, 2.24) is 19.9 Å². The van der Waals surface area contributed by atoms with Crippen LogP contribution in [0.1, 0.15) is 5.56 Å². The predicted molar refractivity (Wildman–Crippen MR) is 122 cm³/mol. The summed E-state index contributed by atoms with van der Waals surface area (Å²) in [6, 6.07) is 14.3. The number of H-pyrrole nitrogens is 1. The number of fused-ring (bicyclic) bond motifs is 2. The highest BCUT2D eigenvalue weighted by atomic mass is 19.4. The van der Waals surface area contributed by atoms with Crippen LogP contribution < -0.4 is 14.8 Å². The number of para-hydroxylation sites is 2. The minimum atomic E-state index is -4.56. The first-order valence-corrected chi connectivity index (χ1v) is 10.2. The Bertz CT molecular complexity index is 1480. The molecule has 0 aliphatic carbocycles. The monoisotopic (exact) mass is 465 g/mol. The summed E-state index contributed by atoms with van der Waals surface area (Å²) in [5.74, 6) is 1.57. The summed E-state index contributed by atoms with van der Waals surface area (Å²) in [4.78, 5) is 16.0. The van der Waals surface area contributed by atoms with Crippen LogP contribution in [0.5, 0.6) is 11.5 Å². The Morgan fingerprint density at radius 3 is 2.50 bits per heavy atom. The van der Waals surface area contributed by atoms with Crippen molar-refractivity contribution in [3.63, 3.8) is 0 Å². The number of aromatic nitrogens is 4. The number of rotatable bonds is 5. The van der Waals surface area contributed by atoms with Crippen molar-refractivity contribution in [3.8, 4) is 22.9 Å². The number of nitrogens with one attached hydrogen (secondary N) is 2. The lowest BCUT2D eigenvalue weighted by molar-refractivity contribution is -0.137. The smallest absolute Gasteiger partial charge is 0.416 e. The van der Waals surface area contributed by atoms with Crippen molar-refractivity contribution in [2.45, 2.75) is 6.18 Å². The summed E-state index contributed by atoms with van der Waals surface area (Å²) in [6.07, 6.45) is -3.24. The Hall–Kier alpha value is -4.34. The van der Waals surface area contributed by atoms with E-state index in [9.17, 15) is 13.2 Å². The quantitative estimate of drug-likeness (QED) is 0.334. The van der Waals surface area contributed by atoms with Gasteiger partial charge in [-0.1, -0.05) is 12.1 Å². The number of aromatic amines is 1. The number of imidazole rings is 1. The number of nitrogens with zero attached hydrogens (tertiary/aromatic N) is 3. The molecular formula is C24H18F3N5O2. The molecule has 0 aliphatic heterocycles. The van der Waals surface area contributed by atoms with Crippen LogP contribution in [0.4, 0.5) is 24.7 Å². The van der Waals surface area contributed by atoms with Gasteiger partial charge in [-0.2, -0.15) is 13.2 Å². The largest absolute Gasteiger partial charge is 0.497 e. The van der Waals surface area contributed by atoms with Gasteiger partial charge in [0.2, 0.25) is 0 Å². The van der Waals surface area contributed by atoms with Gasteiger partial charge in [0.05, 0.1) is 36.2 Å². The van der Waals surface area contributed by atoms with Crippen molar-refractivity contribution in [3.05, 3.63) is 66.5 Å². The second-order valence-electron chi connectivity index (χ2n) is 7.47. The number of methoxy groups -OCH3 is 2. The lowest BCUT2D eigenvalue weighted by Gasteiger charge is -2.15. The molecule has 5 rings (SSSR count). The summed E-state index contributed by atoms with van der Waals surface area (Å²) >= 11 is 0. The zero-order valence-corrected chi connectivity index (χ0v) is 18.1. The number of benzene rings is 3. The van der Waals surface area contributed by atoms with Crippen LogP contribution in [0.25, 0.3) is 33.3 Å². The maximum Gasteiger partial charge on any atom is 0.416 e. The molecule has 7 nitrogen and oxygen atoms in total. The molecule has 5 aromatic rings. The third-order valence-corrected chi connectivity index (χ3v) is 5.32. The number of anilines is 2. The summed E-state index contributed by atoms with van der Waals surface area (Å²) < 4.78 is 51.9. The highest BCUT2D eigenvalue weighted by molar-refractivity contribution is 5.95. The molecule has 0 atom stereocenters. The van der Waals surface area contributed by atoms with Gasteiger partial charge in [0.1, 0.15) is 35.0 Å². The van der Waals surface area contributed by atoms with Crippen molar-refractivity contribution >= 4 is 33.4 Å². The van der Waals surface area contributed by atoms with Crippen LogP contribution in [0.3, 0.4) is 0 Å². The van der Waals surface area contributed by atoms with Crippen LogP contribution in [0.15, 0.2) is 60.9 Å². The first-order chi connectivity index (χ1) is 16.4. The maximum atomic E-state index is 13.7. The first-order valence-electron chi connectivity index (χ1n) is 10.2. The summed E-state index contributed by atoms with van der Waals surface area (Å²) in [6.45, 7) is 0. The molecule has 0 unspecified atom stereocenters. The second-order valence-corrected chi connectivity index (χ2v) is 7.47. The minimum absolute atomic E-state index is 0.187. The van der Waals surface area contributed by atoms with E-state index in [1.54, 1.807) is 24.3 Å². The van der Waals surface area contributed by atoms with E-state index >= 15 is 0 Å². The van der Waals surface area contributed by atoms with Crippen molar-refractivity contribution in [1.29, 1.82) is 0 Å². The Morgan fingerprint density at radius 1 is 0.941 bits per heavy atom. The summed E-state index contributed by atoms with van der Waals surface area (Å²) in [5, 5.41) is 3.53. The van der Waals surface area contributed by atoms with E-state index in [1.807, 2.05) is 18.2 Å². The number of hydrogen-bond donors (Lipinski definition) is 2. The van der Waals surface area contributed by atoms with Gasteiger partial charge < -0.3 is 19.8 Å². The number of alkyl halides is 3. The van der Waals surface area contributed by atoms with Crippen molar-refractivity contribution in [2.75, 3.05) is 19.5 Å². The Kier molecular flexibility index (Phi) is 5.20. The molecule has 3 aromatic carbocycles. The van der Waals surface area contributed by atoms with E-state index in [-0.39, 0.29) is 11.3 Å². The molecule has 34 heavy (non-hydrogen) atoms. The van der Waals surface area contributed by atoms with Gasteiger partial charge >= 0.3 is 6.18 Å². The standard InChI is InChI=1S/C24H18F3N5O2/c1-33-16-10-17-21(20(11-16)34-2)28-12-29-23(17)30-15-8-13(7-14(9-15)24(25,26)27)22-31-18-5-3-4-6-19(18)32-22/h3-12H,1-2H3,(H,31,32)(H,28,29,30).